The molecule has 3 nitrogen and oxygen atoms in total. The predicted molar refractivity (Wildman–Crippen MR) is 74.9 cm³/mol. The van der Waals surface area contributed by atoms with E-state index in [9.17, 15) is 0 Å². The van der Waals surface area contributed by atoms with Gasteiger partial charge in [0.2, 0.25) is 5.95 Å². The molecule has 0 aliphatic rings. The van der Waals surface area contributed by atoms with Crippen LogP contribution < -0.4 is 5.32 Å². The molecule has 1 aromatic carbocycles. The average Bonchev–Trinajstić information content (AvgIpc) is 2.27. The number of rotatable bonds is 2. The molecule has 0 aliphatic carbocycles. The van der Waals surface area contributed by atoms with Crippen LogP contribution in [-0.2, 0) is 0 Å². The van der Waals surface area contributed by atoms with Crippen LogP contribution in [0.1, 0.15) is 0 Å². The quantitative estimate of drug-likeness (QED) is 0.796. The molecule has 0 saturated carbocycles. The molecule has 82 valence electrons. The van der Waals surface area contributed by atoms with Gasteiger partial charge < -0.3 is 5.32 Å². The van der Waals surface area contributed by atoms with Crippen LogP contribution in [0.2, 0.25) is 0 Å². The molecule has 2 rings (SSSR count). The molecule has 1 aromatic heterocycles. The maximum absolute atomic E-state index is 4.14. The van der Waals surface area contributed by atoms with Gasteiger partial charge in [-0.05, 0) is 50.1 Å². The normalized spacial score (nSPS) is 10.2. The lowest BCUT2D eigenvalue weighted by molar-refractivity contribution is 1.15. The second-order valence-electron chi connectivity index (χ2n) is 2.97. The lowest BCUT2D eigenvalue weighted by Crippen LogP contribution is -1.96. The van der Waals surface area contributed by atoms with Gasteiger partial charge in [-0.15, -0.1) is 0 Å². The minimum absolute atomic E-state index is 0.557. The number of hydrogen-bond acceptors (Lipinski definition) is 3. The Labute approximate surface area is 118 Å². The lowest BCUT2D eigenvalue weighted by Gasteiger charge is -2.07. The summed E-state index contributed by atoms with van der Waals surface area (Å²) in [5.74, 6) is 0.557. The number of halogens is 3. The van der Waals surface area contributed by atoms with Crippen molar-refractivity contribution < 1.29 is 0 Å². The summed E-state index contributed by atoms with van der Waals surface area (Å²) < 4.78 is 2.81. The van der Waals surface area contributed by atoms with Crippen LogP contribution in [0.3, 0.4) is 0 Å². The Hall–Kier alpha value is -0.460. The molecular weight excluding hydrogens is 402 g/mol. The van der Waals surface area contributed by atoms with Gasteiger partial charge in [0.1, 0.15) is 0 Å². The van der Waals surface area contributed by atoms with Gasteiger partial charge in [-0.1, -0.05) is 15.9 Å². The first-order valence-electron chi connectivity index (χ1n) is 4.35. The molecule has 16 heavy (non-hydrogen) atoms. The van der Waals surface area contributed by atoms with Gasteiger partial charge in [0, 0.05) is 21.3 Å². The Morgan fingerprint density at radius 2 is 1.62 bits per heavy atom. The Kier molecular flexibility index (Phi) is 3.94. The van der Waals surface area contributed by atoms with E-state index in [4.69, 9.17) is 0 Å². The highest BCUT2D eigenvalue weighted by Gasteiger charge is 2.02. The van der Waals surface area contributed by atoms with E-state index < -0.39 is 0 Å². The highest BCUT2D eigenvalue weighted by Crippen LogP contribution is 2.27. The van der Waals surface area contributed by atoms with E-state index in [1.54, 1.807) is 12.4 Å². The fraction of sp³-hybridized carbons (Fsp3) is 0. The van der Waals surface area contributed by atoms with Gasteiger partial charge in [0.15, 0.2) is 0 Å². The number of benzene rings is 1. The smallest absolute Gasteiger partial charge is 0.227 e. The molecule has 2 aromatic rings. The third kappa shape index (κ3) is 3.02. The molecular formula is C10H6Br3N3. The summed E-state index contributed by atoms with van der Waals surface area (Å²) in [5.41, 5.74) is 0.914. The van der Waals surface area contributed by atoms with Gasteiger partial charge in [-0.3, -0.25) is 0 Å². The molecule has 0 unspecified atom stereocenters. The van der Waals surface area contributed by atoms with E-state index in [-0.39, 0.29) is 0 Å². The molecule has 6 heteroatoms. The minimum Gasteiger partial charge on any atom is -0.323 e. The Morgan fingerprint density at radius 3 is 2.31 bits per heavy atom. The molecule has 1 N–H and O–H groups in total. The van der Waals surface area contributed by atoms with E-state index in [0.717, 1.165) is 19.1 Å². The number of nitrogens with zero attached hydrogens (tertiary/aromatic N) is 2. The zero-order chi connectivity index (χ0) is 11.5. The van der Waals surface area contributed by atoms with Crippen molar-refractivity contribution >= 4 is 59.4 Å². The molecule has 1 heterocycles. The third-order valence-corrected chi connectivity index (χ3v) is 3.39. The van der Waals surface area contributed by atoms with Crippen molar-refractivity contribution in [3.63, 3.8) is 0 Å². The van der Waals surface area contributed by atoms with Crippen molar-refractivity contribution in [2.75, 3.05) is 5.32 Å². The maximum atomic E-state index is 4.14. The second kappa shape index (κ2) is 5.25. The maximum Gasteiger partial charge on any atom is 0.227 e. The molecule has 0 bridgehead atoms. The summed E-state index contributed by atoms with van der Waals surface area (Å²) in [7, 11) is 0. The van der Waals surface area contributed by atoms with Gasteiger partial charge >= 0.3 is 0 Å². The molecule has 0 fully saturated rings. The monoisotopic (exact) mass is 405 g/mol. The van der Waals surface area contributed by atoms with Gasteiger partial charge in [-0.2, -0.15) is 0 Å². The summed E-state index contributed by atoms with van der Waals surface area (Å²) in [5, 5.41) is 3.12. The summed E-state index contributed by atoms with van der Waals surface area (Å²) in [6.07, 6.45) is 3.39. The van der Waals surface area contributed by atoms with Crippen LogP contribution in [0.4, 0.5) is 11.6 Å². The number of nitrogens with one attached hydrogen (secondary N) is 1. The zero-order valence-electron chi connectivity index (χ0n) is 7.92. The topological polar surface area (TPSA) is 37.8 Å². The Bertz CT molecular complexity index is 499. The number of hydrogen-bond donors (Lipinski definition) is 1. The summed E-state index contributed by atoms with van der Waals surface area (Å²) in [6.45, 7) is 0. The van der Waals surface area contributed by atoms with Gasteiger partial charge in [0.25, 0.3) is 0 Å². The van der Waals surface area contributed by atoms with E-state index >= 15 is 0 Å². The van der Waals surface area contributed by atoms with Crippen LogP contribution in [0, 0.1) is 0 Å². The third-order valence-electron chi connectivity index (χ3n) is 1.80. The fourth-order valence-electron chi connectivity index (χ4n) is 1.09. The van der Waals surface area contributed by atoms with Crippen LogP contribution in [0.25, 0.3) is 0 Å². The number of anilines is 2. The summed E-state index contributed by atoms with van der Waals surface area (Å²) in [4.78, 5) is 8.28. The van der Waals surface area contributed by atoms with Crippen molar-refractivity contribution in [2.24, 2.45) is 0 Å². The fourth-order valence-corrected chi connectivity index (χ4v) is 2.00. The van der Waals surface area contributed by atoms with E-state index in [0.29, 0.717) is 5.95 Å². The van der Waals surface area contributed by atoms with Crippen LogP contribution in [0.5, 0.6) is 0 Å². The predicted octanol–water partition coefficient (Wildman–Crippen LogP) is 4.51. The van der Waals surface area contributed by atoms with Crippen LogP contribution >= 0.6 is 47.8 Å². The van der Waals surface area contributed by atoms with Gasteiger partial charge in [-0.25, -0.2) is 9.97 Å². The first kappa shape index (κ1) is 12.0. The van der Waals surface area contributed by atoms with Gasteiger partial charge in [0.05, 0.1) is 10.2 Å². The Balaban J connectivity index is 2.26. The van der Waals surface area contributed by atoms with Crippen LogP contribution in [0.15, 0.2) is 44.0 Å². The number of aromatic nitrogens is 2. The first-order valence-corrected chi connectivity index (χ1v) is 6.72. The highest BCUT2D eigenvalue weighted by atomic mass is 79.9. The van der Waals surface area contributed by atoms with E-state index in [1.807, 2.05) is 18.2 Å². The average molecular weight is 408 g/mol. The molecule has 0 saturated heterocycles. The van der Waals surface area contributed by atoms with Crippen molar-refractivity contribution in [3.05, 3.63) is 44.0 Å². The van der Waals surface area contributed by atoms with Crippen molar-refractivity contribution in [1.82, 2.24) is 9.97 Å². The molecule has 0 aliphatic heterocycles. The Morgan fingerprint density at radius 1 is 0.938 bits per heavy atom. The standard InChI is InChI=1S/C10H6Br3N3/c11-6-1-2-8(13)9(3-6)16-10-14-4-7(12)5-15-10/h1-5H,(H,14,15,16). The molecule has 0 radical (unpaired) electrons. The highest BCUT2D eigenvalue weighted by molar-refractivity contribution is 9.11. The van der Waals surface area contributed by atoms with E-state index in [2.05, 4.69) is 63.1 Å². The molecule has 0 spiro atoms. The SMILES string of the molecule is Brc1cnc(Nc2cc(Br)ccc2Br)nc1. The van der Waals surface area contributed by atoms with E-state index in [1.165, 1.54) is 0 Å². The van der Waals surface area contributed by atoms with Crippen molar-refractivity contribution in [2.45, 2.75) is 0 Å². The molecule has 0 amide bonds. The minimum atomic E-state index is 0.557. The van der Waals surface area contributed by atoms with Crippen LogP contribution in [-0.4, -0.2) is 9.97 Å². The lowest BCUT2D eigenvalue weighted by atomic mass is 10.3. The second-order valence-corrected chi connectivity index (χ2v) is 5.66. The summed E-state index contributed by atoms with van der Waals surface area (Å²) in [6, 6.07) is 5.86. The molecule has 0 atom stereocenters. The van der Waals surface area contributed by atoms with Crippen molar-refractivity contribution in [3.8, 4) is 0 Å². The van der Waals surface area contributed by atoms with Crippen molar-refractivity contribution in [1.29, 1.82) is 0 Å². The largest absolute Gasteiger partial charge is 0.323 e. The first-order chi connectivity index (χ1) is 7.65. The summed E-state index contributed by atoms with van der Waals surface area (Å²) >= 11 is 10.2. The zero-order valence-corrected chi connectivity index (χ0v) is 12.7.